The molecule has 0 spiro atoms. The van der Waals surface area contributed by atoms with Gasteiger partial charge in [0.1, 0.15) is 5.92 Å². The fourth-order valence-corrected chi connectivity index (χ4v) is 2.71. The third-order valence-electron chi connectivity index (χ3n) is 2.17. The van der Waals surface area contributed by atoms with Crippen LogP contribution in [0.4, 0.5) is 0 Å². The Hall–Kier alpha value is -0.860. The van der Waals surface area contributed by atoms with Gasteiger partial charge >= 0.3 is 0 Å². The Morgan fingerprint density at radius 3 is 3.00 bits per heavy atom. The zero-order chi connectivity index (χ0) is 12.0. The Kier molecular flexibility index (Phi) is 5.50. The fourth-order valence-electron chi connectivity index (χ4n) is 1.25. The van der Waals surface area contributed by atoms with Crippen LogP contribution in [0.3, 0.4) is 0 Å². The Morgan fingerprint density at radius 2 is 2.50 bits per heavy atom. The molecule has 0 fully saturated rings. The van der Waals surface area contributed by atoms with Crippen LogP contribution in [-0.2, 0) is 11.2 Å². The number of hydrogen-bond donors (Lipinski definition) is 1. The Bertz CT molecular complexity index is 397. The first-order valence-electron chi connectivity index (χ1n) is 5.07. The molecule has 1 rings (SSSR count). The highest BCUT2D eigenvalue weighted by molar-refractivity contribution is 9.10. The second kappa shape index (κ2) is 6.66. The minimum absolute atomic E-state index is 0.166. The van der Waals surface area contributed by atoms with E-state index < -0.39 is 5.92 Å². The lowest BCUT2D eigenvalue weighted by Gasteiger charge is -2.06. The number of carbonyl (C=O) groups excluding carboxylic acids is 1. The smallest absolute Gasteiger partial charge is 0.237 e. The van der Waals surface area contributed by atoms with Crippen molar-refractivity contribution in [3.05, 3.63) is 20.8 Å². The second-order valence-corrected chi connectivity index (χ2v) is 5.27. The molecule has 0 aliphatic carbocycles. The lowest BCUT2D eigenvalue weighted by molar-refractivity contribution is -0.123. The Morgan fingerprint density at radius 1 is 1.75 bits per heavy atom. The number of halogens is 1. The summed E-state index contributed by atoms with van der Waals surface area (Å²) in [4.78, 5) is 12.7. The van der Waals surface area contributed by atoms with Crippen molar-refractivity contribution in [2.24, 2.45) is 5.92 Å². The lowest BCUT2D eigenvalue weighted by atomic mass is 10.1. The molecule has 3 nitrogen and oxygen atoms in total. The molecule has 0 saturated carbocycles. The van der Waals surface area contributed by atoms with Gasteiger partial charge in [-0.2, -0.15) is 5.26 Å². The molecule has 1 aromatic heterocycles. The van der Waals surface area contributed by atoms with E-state index in [1.807, 2.05) is 24.4 Å². The molecule has 0 radical (unpaired) electrons. The molecule has 16 heavy (non-hydrogen) atoms. The van der Waals surface area contributed by atoms with Gasteiger partial charge in [-0.05, 0) is 34.8 Å². The molecule has 1 aromatic rings. The number of hydrogen-bond acceptors (Lipinski definition) is 3. The zero-order valence-electron chi connectivity index (χ0n) is 9.00. The van der Waals surface area contributed by atoms with Crippen molar-refractivity contribution in [3.63, 3.8) is 0 Å². The van der Waals surface area contributed by atoms with E-state index in [1.165, 1.54) is 4.88 Å². The van der Waals surface area contributed by atoms with Gasteiger partial charge in [-0.25, -0.2) is 0 Å². The van der Waals surface area contributed by atoms with Gasteiger partial charge in [0.15, 0.2) is 0 Å². The van der Waals surface area contributed by atoms with Crippen LogP contribution in [0, 0.1) is 17.2 Å². The molecule has 86 valence electrons. The summed E-state index contributed by atoms with van der Waals surface area (Å²) in [5.41, 5.74) is 0. The summed E-state index contributed by atoms with van der Waals surface area (Å²) in [5.74, 6) is -0.685. The predicted octanol–water partition coefficient (Wildman–Crippen LogP) is 2.72. The van der Waals surface area contributed by atoms with Gasteiger partial charge in [0.05, 0.1) is 6.07 Å². The number of amides is 1. The van der Waals surface area contributed by atoms with Crippen molar-refractivity contribution in [2.75, 3.05) is 6.54 Å². The molecule has 0 saturated heterocycles. The van der Waals surface area contributed by atoms with Crippen LogP contribution in [0.15, 0.2) is 15.9 Å². The summed E-state index contributed by atoms with van der Waals surface area (Å²) in [6.07, 6.45) is 1.37. The van der Waals surface area contributed by atoms with Crippen LogP contribution < -0.4 is 5.32 Å². The molecule has 1 N–H and O–H groups in total. The first kappa shape index (κ1) is 13.2. The highest BCUT2D eigenvalue weighted by Gasteiger charge is 2.14. The highest BCUT2D eigenvalue weighted by Crippen LogP contribution is 2.19. The summed E-state index contributed by atoms with van der Waals surface area (Å²) >= 11 is 5.04. The van der Waals surface area contributed by atoms with Crippen molar-refractivity contribution in [1.82, 2.24) is 5.32 Å². The summed E-state index contributed by atoms with van der Waals surface area (Å²) in [6.45, 7) is 2.42. The van der Waals surface area contributed by atoms with Crippen LogP contribution in [0.1, 0.15) is 18.2 Å². The summed E-state index contributed by atoms with van der Waals surface area (Å²) in [6, 6.07) is 4.03. The van der Waals surface area contributed by atoms with Crippen LogP contribution >= 0.6 is 27.3 Å². The van der Waals surface area contributed by atoms with Gasteiger partial charge in [-0.1, -0.05) is 6.92 Å². The lowest BCUT2D eigenvalue weighted by Crippen LogP contribution is -2.31. The monoisotopic (exact) mass is 300 g/mol. The topological polar surface area (TPSA) is 52.9 Å². The molecule has 1 unspecified atom stereocenters. The number of thiophene rings is 1. The molecular weight excluding hydrogens is 288 g/mol. The summed E-state index contributed by atoms with van der Waals surface area (Å²) in [7, 11) is 0. The predicted molar refractivity (Wildman–Crippen MR) is 68.1 cm³/mol. The first-order valence-corrected chi connectivity index (χ1v) is 6.75. The van der Waals surface area contributed by atoms with Gasteiger partial charge in [0, 0.05) is 21.3 Å². The van der Waals surface area contributed by atoms with Gasteiger partial charge in [0.25, 0.3) is 0 Å². The quantitative estimate of drug-likeness (QED) is 0.909. The Labute approximate surface area is 108 Å². The maximum absolute atomic E-state index is 11.5. The van der Waals surface area contributed by atoms with Gasteiger partial charge < -0.3 is 5.32 Å². The van der Waals surface area contributed by atoms with E-state index >= 15 is 0 Å². The SMILES string of the molecule is CCC(C#N)C(=O)NCCc1cc(Br)cs1. The van der Waals surface area contributed by atoms with Gasteiger partial charge in [-0.3, -0.25) is 4.79 Å². The summed E-state index contributed by atoms with van der Waals surface area (Å²) < 4.78 is 1.07. The van der Waals surface area contributed by atoms with E-state index in [0.29, 0.717) is 13.0 Å². The highest BCUT2D eigenvalue weighted by atomic mass is 79.9. The van der Waals surface area contributed by atoms with Crippen LogP contribution in [-0.4, -0.2) is 12.5 Å². The number of nitriles is 1. The average molecular weight is 301 g/mol. The van der Waals surface area contributed by atoms with E-state index in [4.69, 9.17) is 5.26 Å². The number of nitrogens with one attached hydrogen (secondary N) is 1. The molecule has 1 amide bonds. The van der Waals surface area contributed by atoms with E-state index in [0.717, 1.165) is 10.9 Å². The molecule has 0 aliphatic heterocycles. The minimum Gasteiger partial charge on any atom is -0.355 e. The van der Waals surface area contributed by atoms with Crippen LogP contribution in [0.25, 0.3) is 0 Å². The zero-order valence-corrected chi connectivity index (χ0v) is 11.4. The van der Waals surface area contributed by atoms with Crippen molar-refractivity contribution < 1.29 is 4.79 Å². The van der Waals surface area contributed by atoms with Crippen LogP contribution in [0.5, 0.6) is 0 Å². The van der Waals surface area contributed by atoms with Crippen LogP contribution in [0.2, 0.25) is 0 Å². The molecule has 0 bridgehead atoms. The van der Waals surface area contributed by atoms with Crippen molar-refractivity contribution >= 4 is 33.2 Å². The molecule has 0 aromatic carbocycles. The molecule has 5 heteroatoms. The average Bonchev–Trinajstić information content (AvgIpc) is 2.66. The van der Waals surface area contributed by atoms with E-state index in [1.54, 1.807) is 11.3 Å². The van der Waals surface area contributed by atoms with Crippen molar-refractivity contribution in [1.29, 1.82) is 5.26 Å². The van der Waals surface area contributed by atoms with Crippen molar-refractivity contribution in [3.8, 4) is 6.07 Å². The summed E-state index contributed by atoms with van der Waals surface area (Å²) in [5, 5.41) is 13.5. The second-order valence-electron chi connectivity index (χ2n) is 3.36. The maximum Gasteiger partial charge on any atom is 0.237 e. The fraction of sp³-hybridized carbons (Fsp3) is 0.455. The van der Waals surface area contributed by atoms with E-state index in [2.05, 4.69) is 21.2 Å². The minimum atomic E-state index is -0.518. The largest absolute Gasteiger partial charge is 0.355 e. The van der Waals surface area contributed by atoms with E-state index in [-0.39, 0.29) is 5.91 Å². The molecule has 1 heterocycles. The third kappa shape index (κ3) is 3.95. The molecule has 0 aliphatic rings. The van der Waals surface area contributed by atoms with Gasteiger partial charge in [-0.15, -0.1) is 11.3 Å². The molecular formula is C11H13BrN2OS. The third-order valence-corrected chi connectivity index (χ3v) is 3.93. The normalized spacial score (nSPS) is 11.8. The van der Waals surface area contributed by atoms with Gasteiger partial charge in [0.2, 0.25) is 5.91 Å². The maximum atomic E-state index is 11.5. The standard InChI is InChI=1S/C11H13BrN2OS/c1-2-8(6-13)11(15)14-4-3-10-5-9(12)7-16-10/h5,7-8H,2-4H2,1H3,(H,14,15). The first-order chi connectivity index (χ1) is 7.67. The molecule has 1 atom stereocenters. The Balaban J connectivity index is 2.31. The van der Waals surface area contributed by atoms with E-state index in [9.17, 15) is 4.79 Å². The van der Waals surface area contributed by atoms with Crippen molar-refractivity contribution in [2.45, 2.75) is 19.8 Å². The number of carbonyl (C=O) groups is 1. The number of rotatable bonds is 5. The number of nitrogens with zero attached hydrogens (tertiary/aromatic N) is 1.